The van der Waals surface area contributed by atoms with E-state index in [1.807, 2.05) is 24.3 Å². The number of rotatable bonds is 2. The normalized spacial score (nSPS) is 16.8. The molecule has 3 rings (SSSR count). The lowest BCUT2D eigenvalue weighted by atomic mass is 9.96. The molecule has 2 aromatic carbocycles. The molecule has 2 aromatic rings. The van der Waals surface area contributed by atoms with Crippen LogP contribution in [0.4, 0.5) is 5.69 Å². The van der Waals surface area contributed by atoms with Gasteiger partial charge >= 0.3 is 0 Å². The molecule has 0 aromatic heterocycles. The van der Waals surface area contributed by atoms with E-state index in [1.54, 1.807) is 18.2 Å². The maximum Gasteiger partial charge on any atom is 0.231 e. The average Bonchev–Trinajstić information content (AvgIpc) is 2.48. The molecule has 0 bridgehead atoms. The van der Waals surface area contributed by atoms with E-state index in [-0.39, 0.29) is 11.8 Å². The Balaban J connectivity index is 1.74. The van der Waals surface area contributed by atoms with Crippen molar-refractivity contribution in [3.8, 4) is 5.75 Å². The Morgan fingerprint density at radius 2 is 2.00 bits per heavy atom. The summed E-state index contributed by atoms with van der Waals surface area (Å²) in [5.41, 5.74) is 1.56. The van der Waals surface area contributed by atoms with Crippen LogP contribution in [0.2, 0.25) is 10.0 Å². The van der Waals surface area contributed by atoms with Crippen molar-refractivity contribution < 1.29 is 9.53 Å². The monoisotopic (exact) mass is 321 g/mol. The number of nitrogens with one attached hydrogen (secondary N) is 1. The predicted molar refractivity (Wildman–Crippen MR) is 84.2 cm³/mol. The fourth-order valence-electron chi connectivity index (χ4n) is 2.33. The Kier molecular flexibility index (Phi) is 4.04. The van der Waals surface area contributed by atoms with Crippen molar-refractivity contribution in [2.24, 2.45) is 5.92 Å². The Morgan fingerprint density at radius 1 is 1.19 bits per heavy atom. The fourth-order valence-corrected chi connectivity index (χ4v) is 2.71. The smallest absolute Gasteiger partial charge is 0.231 e. The van der Waals surface area contributed by atoms with Crippen molar-refractivity contribution >= 4 is 34.8 Å². The summed E-state index contributed by atoms with van der Waals surface area (Å²) in [5.74, 6) is 0.433. The first-order valence-electron chi connectivity index (χ1n) is 6.60. The minimum atomic E-state index is -0.257. The van der Waals surface area contributed by atoms with Crippen molar-refractivity contribution in [2.45, 2.75) is 6.42 Å². The van der Waals surface area contributed by atoms with Gasteiger partial charge in [0.2, 0.25) is 5.91 Å². The van der Waals surface area contributed by atoms with E-state index in [2.05, 4.69) is 5.32 Å². The fraction of sp³-hybridized carbons (Fsp3) is 0.188. The quantitative estimate of drug-likeness (QED) is 0.900. The second-order valence-electron chi connectivity index (χ2n) is 4.93. The maximum absolute atomic E-state index is 12.3. The van der Waals surface area contributed by atoms with Gasteiger partial charge in [0.15, 0.2) is 0 Å². The molecule has 1 heterocycles. The van der Waals surface area contributed by atoms with Gasteiger partial charge in [-0.05, 0) is 42.3 Å². The number of carbonyl (C=O) groups excluding carboxylic acids is 1. The van der Waals surface area contributed by atoms with Crippen molar-refractivity contribution in [3.63, 3.8) is 0 Å². The highest BCUT2D eigenvalue weighted by Gasteiger charge is 2.26. The van der Waals surface area contributed by atoms with Gasteiger partial charge in [0.25, 0.3) is 0 Å². The zero-order valence-electron chi connectivity index (χ0n) is 11.1. The van der Waals surface area contributed by atoms with Gasteiger partial charge in [0, 0.05) is 5.02 Å². The molecule has 0 saturated carbocycles. The van der Waals surface area contributed by atoms with Crippen LogP contribution in [-0.4, -0.2) is 12.5 Å². The lowest BCUT2D eigenvalue weighted by Crippen LogP contribution is -2.32. The van der Waals surface area contributed by atoms with Gasteiger partial charge in [-0.3, -0.25) is 4.79 Å². The molecule has 0 aliphatic carbocycles. The van der Waals surface area contributed by atoms with Crippen LogP contribution in [0.3, 0.4) is 0 Å². The van der Waals surface area contributed by atoms with Crippen molar-refractivity contribution in [3.05, 3.63) is 58.1 Å². The van der Waals surface area contributed by atoms with Crippen LogP contribution in [0, 0.1) is 5.92 Å². The summed E-state index contributed by atoms with van der Waals surface area (Å²) in [4.78, 5) is 12.3. The molecule has 5 heteroatoms. The molecular weight excluding hydrogens is 309 g/mol. The van der Waals surface area contributed by atoms with Crippen LogP contribution in [0.25, 0.3) is 0 Å². The molecule has 0 fully saturated rings. The van der Waals surface area contributed by atoms with E-state index < -0.39 is 0 Å². The molecule has 0 unspecified atom stereocenters. The third-order valence-corrected chi connectivity index (χ3v) is 4.00. The molecular formula is C16H13Cl2NO2. The highest BCUT2D eigenvalue weighted by atomic mass is 35.5. The van der Waals surface area contributed by atoms with Crippen molar-refractivity contribution in [1.82, 2.24) is 0 Å². The number of ether oxygens (including phenoxy) is 1. The second-order valence-corrected chi connectivity index (χ2v) is 5.78. The lowest BCUT2D eigenvalue weighted by Gasteiger charge is -2.24. The summed E-state index contributed by atoms with van der Waals surface area (Å²) >= 11 is 12.0. The molecule has 0 radical (unpaired) electrons. The molecule has 3 nitrogen and oxygen atoms in total. The number of fused-ring (bicyclic) bond motifs is 1. The standard InChI is InChI=1S/C16H13Cl2NO2/c17-12-5-6-15-10(8-12)7-11(9-21-15)16(20)19-14-4-2-1-3-13(14)18/h1-6,8,11H,7,9H2,(H,19,20)/t11-/m0/s1. The summed E-state index contributed by atoms with van der Waals surface area (Å²) in [6.07, 6.45) is 0.603. The second kappa shape index (κ2) is 5.96. The molecule has 1 amide bonds. The molecule has 21 heavy (non-hydrogen) atoms. The Bertz CT molecular complexity index is 688. The van der Waals surface area contributed by atoms with E-state index in [9.17, 15) is 4.79 Å². The number of hydrogen-bond donors (Lipinski definition) is 1. The van der Waals surface area contributed by atoms with Gasteiger partial charge in [0.1, 0.15) is 12.4 Å². The number of hydrogen-bond acceptors (Lipinski definition) is 2. The highest BCUT2D eigenvalue weighted by molar-refractivity contribution is 6.33. The molecule has 1 atom stereocenters. The summed E-state index contributed by atoms with van der Waals surface area (Å²) < 4.78 is 5.63. The molecule has 108 valence electrons. The van der Waals surface area contributed by atoms with Gasteiger partial charge < -0.3 is 10.1 Å². The Labute approximate surface area is 132 Å². The third kappa shape index (κ3) is 3.14. The number of halogens is 2. The molecule has 1 aliphatic heterocycles. The van der Waals surface area contributed by atoms with E-state index in [1.165, 1.54) is 0 Å². The van der Waals surface area contributed by atoms with E-state index in [0.717, 1.165) is 11.3 Å². The first-order chi connectivity index (χ1) is 10.1. The number of para-hydroxylation sites is 1. The van der Waals surface area contributed by atoms with Crippen LogP contribution in [-0.2, 0) is 11.2 Å². The minimum Gasteiger partial charge on any atom is -0.492 e. The molecule has 0 spiro atoms. The summed E-state index contributed by atoms with van der Waals surface area (Å²) in [7, 11) is 0. The number of anilines is 1. The first-order valence-corrected chi connectivity index (χ1v) is 7.35. The zero-order chi connectivity index (χ0) is 14.8. The van der Waals surface area contributed by atoms with E-state index >= 15 is 0 Å². The van der Waals surface area contributed by atoms with Crippen molar-refractivity contribution in [1.29, 1.82) is 0 Å². The van der Waals surface area contributed by atoms with Gasteiger partial charge in [-0.25, -0.2) is 0 Å². The number of carbonyl (C=O) groups is 1. The van der Waals surface area contributed by atoms with Crippen LogP contribution in [0.5, 0.6) is 5.75 Å². The number of benzene rings is 2. The van der Waals surface area contributed by atoms with Gasteiger partial charge in [-0.2, -0.15) is 0 Å². The van der Waals surface area contributed by atoms with Crippen LogP contribution >= 0.6 is 23.2 Å². The predicted octanol–water partition coefficient (Wildman–Crippen LogP) is 4.18. The first kappa shape index (κ1) is 14.2. The zero-order valence-corrected chi connectivity index (χ0v) is 12.6. The van der Waals surface area contributed by atoms with Crippen LogP contribution in [0.15, 0.2) is 42.5 Å². The van der Waals surface area contributed by atoms with E-state index in [0.29, 0.717) is 28.8 Å². The number of amides is 1. The summed E-state index contributed by atoms with van der Waals surface area (Å²) in [6, 6.07) is 12.6. The SMILES string of the molecule is O=C(Nc1ccccc1Cl)[C@@H]1COc2ccc(Cl)cc2C1. The van der Waals surface area contributed by atoms with Crippen LogP contribution in [0.1, 0.15) is 5.56 Å². The van der Waals surface area contributed by atoms with Crippen molar-refractivity contribution in [2.75, 3.05) is 11.9 Å². The Morgan fingerprint density at radius 3 is 2.81 bits per heavy atom. The minimum absolute atomic E-state index is 0.103. The molecule has 0 saturated heterocycles. The van der Waals surface area contributed by atoms with Gasteiger partial charge in [0.05, 0.1) is 16.6 Å². The van der Waals surface area contributed by atoms with Gasteiger partial charge in [-0.1, -0.05) is 35.3 Å². The average molecular weight is 322 g/mol. The molecule has 1 aliphatic rings. The summed E-state index contributed by atoms with van der Waals surface area (Å²) in [5, 5.41) is 4.00. The third-order valence-electron chi connectivity index (χ3n) is 3.43. The van der Waals surface area contributed by atoms with Crippen LogP contribution < -0.4 is 10.1 Å². The molecule has 1 N–H and O–H groups in total. The summed E-state index contributed by atoms with van der Waals surface area (Å²) in [6.45, 7) is 0.352. The highest BCUT2D eigenvalue weighted by Crippen LogP contribution is 2.30. The topological polar surface area (TPSA) is 38.3 Å². The Hall–Kier alpha value is -1.71. The van der Waals surface area contributed by atoms with Gasteiger partial charge in [-0.15, -0.1) is 0 Å². The van der Waals surface area contributed by atoms with E-state index in [4.69, 9.17) is 27.9 Å². The lowest BCUT2D eigenvalue weighted by molar-refractivity contribution is -0.121. The largest absolute Gasteiger partial charge is 0.492 e. The maximum atomic E-state index is 12.3.